The third kappa shape index (κ3) is 8.18. The number of amides is 1. The molecule has 15 heteroatoms. The first-order valence-corrected chi connectivity index (χ1v) is 17.3. The third-order valence-corrected chi connectivity index (χ3v) is 11.7. The standard InChI is InChI=1S/C29H33F3N4O5S3/c1-35(44(38,39)26-8-5-13-42-26)25-16-22(41-29(30,31)32)14-21-15-24(34-27(21)25)28(37)33-17-23(18-36-9-11-40-12-10-36)43-19-20-6-3-2-4-7-20/h2-8,13-14,16,23-24,34H,9-12,15,17-19H2,1H3,(H,33,37). The van der Waals surface area contributed by atoms with Crippen LogP contribution in [0.25, 0.3) is 0 Å². The number of thiophene rings is 1. The number of nitrogens with zero attached hydrogens (tertiary/aromatic N) is 2. The molecule has 1 saturated heterocycles. The molecule has 2 aliphatic heterocycles. The number of hydrogen-bond acceptors (Lipinski definition) is 9. The van der Waals surface area contributed by atoms with Crippen LogP contribution in [0.4, 0.5) is 24.5 Å². The maximum absolute atomic E-state index is 13.4. The van der Waals surface area contributed by atoms with Crippen LogP contribution in [0.2, 0.25) is 0 Å². The summed E-state index contributed by atoms with van der Waals surface area (Å²) in [5.74, 6) is -0.124. The van der Waals surface area contributed by atoms with E-state index in [1.165, 1.54) is 24.7 Å². The summed E-state index contributed by atoms with van der Waals surface area (Å²) < 4.78 is 76.6. The molecule has 0 bridgehead atoms. The Labute approximate surface area is 262 Å². The zero-order chi connectivity index (χ0) is 31.3. The van der Waals surface area contributed by atoms with E-state index in [0.29, 0.717) is 25.3 Å². The van der Waals surface area contributed by atoms with E-state index in [4.69, 9.17) is 4.74 Å². The normalized spacial score (nSPS) is 17.9. The molecule has 0 radical (unpaired) electrons. The van der Waals surface area contributed by atoms with Crippen LogP contribution in [-0.2, 0) is 31.7 Å². The predicted molar refractivity (Wildman–Crippen MR) is 166 cm³/mol. The zero-order valence-corrected chi connectivity index (χ0v) is 26.3. The van der Waals surface area contributed by atoms with Crippen molar-refractivity contribution in [1.29, 1.82) is 0 Å². The Hall–Kier alpha value is -2.98. The Morgan fingerprint density at radius 1 is 1.20 bits per heavy atom. The van der Waals surface area contributed by atoms with Crippen molar-refractivity contribution in [2.45, 2.75) is 34.0 Å². The maximum Gasteiger partial charge on any atom is 0.573 e. The fourth-order valence-electron chi connectivity index (χ4n) is 5.08. The van der Waals surface area contributed by atoms with Gasteiger partial charge in [0.1, 0.15) is 16.0 Å². The van der Waals surface area contributed by atoms with Gasteiger partial charge in [-0.2, -0.15) is 11.8 Å². The molecule has 44 heavy (non-hydrogen) atoms. The number of morpholine rings is 1. The van der Waals surface area contributed by atoms with E-state index in [9.17, 15) is 26.4 Å². The number of fused-ring (bicyclic) bond motifs is 1. The van der Waals surface area contributed by atoms with Crippen molar-refractivity contribution in [3.05, 3.63) is 71.1 Å². The largest absolute Gasteiger partial charge is 0.573 e. The second kappa shape index (κ2) is 14.0. The highest BCUT2D eigenvalue weighted by Gasteiger charge is 2.36. The van der Waals surface area contributed by atoms with E-state index in [1.807, 2.05) is 18.2 Å². The van der Waals surface area contributed by atoms with Crippen molar-refractivity contribution in [3.63, 3.8) is 0 Å². The van der Waals surface area contributed by atoms with Gasteiger partial charge in [-0.05, 0) is 28.6 Å². The lowest BCUT2D eigenvalue weighted by molar-refractivity contribution is -0.274. The summed E-state index contributed by atoms with van der Waals surface area (Å²) in [4.78, 5) is 15.7. The van der Waals surface area contributed by atoms with Gasteiger partial charge in [-0.3, -0.25) is 14.0 Å². The van der Waals surface area contributed by atoms with Crippen molar-refractivity contribution in [1.82, 2.24) is 10.2 Å². The number of nitrogens with one attached hydrogen (secondary N) is 2. The molecule has 1 fully saturated rings. The molecule has 2 atom stereocenters. The molecular formula is C29H33F3N4O5S3. The van der Waals surface area contributed by atoms with Crippen LogP contribution in [0.5, 0.6) is 5.75 Å². The van der Waals surface area contributed by atoms with E-state index < -0.39 is 28.2 Å². The van der Waals surface area contributed by atoms with Crippen LogP contribution >= 0.6 is 23.1 Å². The van der Waals surface area contributed by atoms with Crippen molar-refractivity contribution in [3.8, 4) is 5.75 Å². The van der Waals surface area contributed by atoms with E-state index in [2.05, 4.69) is 32.4 Å². The molecule has 3 heterocycles. The number of alkyl halides is 3. The summed E-state index contributed by atoms with van der Waals surface area (Å²) in [5, 5.41) is 7.76. The number of anilines is 2. The number of carbonyl (C=O) groups is 1. The topological polar surface area (TPSA) is 100 Å². The lowest BCUT2D eigenvalue weighted by Crippen LogP contribution is -2.46. The minimum Gasteiger partial charge on any atom is -0.406 e. The van der Waals surface area contributed by atoms with Gasteiger partial charge in [-0.25, -0.2) is 8.42 Å². The second-order valence-electron chi connectivity index (χ2n) is 10.4. The minimum atomic E-state index is -4.98. The summed E-state index contributed by atoms with van der Waals surface area (Å²) in [6.07, 6.45) is -4.92. The van der Waals surface area contributed by atoms with Gasteiger partial charge in [-0.15, -0.1) is 24.5 Å². The molecule has 5 rings (SSSR count). The second-order valence-corrected chi connectivity index (χ2v) is 14.8. The Morgan fingerprint density at radius 3 is 2.64 bits per heavy atom. The highest BCUT2D eigenvalue weighted by Crippen LogP contribution is 2.42. The number of thioether (sulfide) groups is 1. The Balaban J connectivity index is 1.31. The summed E-state index contributed by atoms with van der Waals surface area (Å²) >= 11 is 2.73. The maximum atomic E-state index is 13.4. The summed E-state index contributed by atoms with van der Waals surface area (Å²) in [5.41, 5.74) is 1.74. The van der Waals surface area contributed by atoms with Gasteiger partial charge in [-0.1, -0.05) is 36.4 Å². The molecule has 2 unspecified atom stereocenters. The molecule has 2 aliphatic rings. The first kappa shape index (κ1) is 32.4. The number of hydrogen-bond donors (Lipinski definition) is 2. The molecule has 1 amide bonds. The van der Waals surface area contributed by atoms with E-state index in [-0.39, 0.29) is 33.2 Å². The first-order chi connectivity index (χ1) is 21.0. The quantitative estimate of drug-likeness (QED) is 0.290. The van der Waals surface area contributed by atoms with Gasteiger partial charge in [0.15, 0.2) is 0 Å². The predicted octanol–water partition coefficient (Wildman–Crippen LogP) is 4.56. The monoisotopic (exact) mass is 670 g/mol. The lowest BCUT2D eigenvalue weighted by Gasteiger charge is -2.30. The van der Waals surface area contributed by atoms with Crippen molar-refractivity contribution in [2.24, 2.45) is 0 Å². The molecule has 2 aromatic carbocycles. The average Bonchev–Trinajstić information content (AvgIpc) is 3.69. The number of carbonyl (C=O) groups excluding carboxylic acids is 1. The minimum absolute atomic E-state index is 0.0301. The molecule has 0 saturated carbocycles. The Kier molecular flexibility index (Phi) is 10.3. The van der Waals surface area contributed by atoms with Crippen molar-refractivity contribution in [2.75, 3.05) is 56.1 Å². The summed E-state index contributed by atoms with van der Waals surface area (Å²) in [6.45, 7) is 4.07. The van der Waals surface area contributed by atoms with Crippen LogP contribution in [0.3, 0.4) is 0 Å². The van der Waals surface area contributed by atoms with Crippen molar-refractivity contribution >= 4 is 50.4 Å². The fourth-order valence-corrected chi connectivity index (χ4v) is 8.58. The summed E-state index contributed by atoms with van der Waals surface area (Å²) in [6, 6.07) is 14.4. The first-order valence-electron chi connectivity index (χ1n) is 13.9. The molecule has 9 nitrogen and oxygen atoms in total. The fraction of sp³-hybridized carbons (Fsp3) is 0.414. The van der Waals surface area contributed by atoms with E-state index in [1.54, 1.807) is 23.2 Å². The molecule has 2 N–H and O–H groups in total. The van der Waals surface area contributed by atoms with Gasteiger partial charge >= 0.3 is 6.36 Å². The van der Waals surface area contributed by atoms with Gasteiger partial charge < -0.3 is 20.1 Å². The Bertz CT molecular complexity index is 1520. The summed E-state index contributed by atoms with van der Waals surface area (Å²) in [7, 11) is -2.81. The van der Waals surface area contributed by atoms with Crippen LogP contribution in [0.15, 0.2) is 64.2 Å². The van der Waals surface area contributed by atoms with Crippen molar-refractivity contribution < 1.29 is 35.9 Å². The molecule has 1 aromatic heterocycles. The van der Waals surface area contributed by atoms with Gasteiger partial charge in [0.2, 0.25) is 5.91 Å². The van der Waals surface area contributed by atoms with Crippen LogP contribution in [-0.4, -0.2) is 83.3 Å². The van der Waals surface area contributed by atoms with Gasteiger partial charge in [0.25, 0.3) is 10.0 Å². The molecule has 3 aromatic rings. The zero-order valence-electron chi connectivity index (χ0n) is 23.9. The van der Waals surface area contributed by atoms with Crippen LogP contribution in [0, 0.1) is 0 Å². The Morgan fingerprint density at radius 2 is 1.95 bits per heavy atom. The van der Waals surface area contributed by atoms with Crippen LogP contribution in [0.1, 0.15) is 11.1 Å². The SMILES string of the molecule is CN(c1cc(OC(F)(F)F)cc2c1NC(C(=O)NCC(CN1CCOCC1)SCc1ccccc1)C2)S(=O)(=O)c1cccs1. The third-order valence-electron chi connectivity index (χ3n) is 7.31. The van der Waals surface area contributed by atoms with Crippen LogP contribution < -0.4 is 19.7 Å². The van der Waals surface area contributed by atoms with Gasteiger partial charge in [0, 0.05) is 56.7 Å². The molecule has 238 valence electrons. The van der Waals surface area contributed by atoms with E-state index in [0.717, 1.165) is 47.1 Å². The number of benzene rings is 2. The molecular weight excluding hydrogens is 638 g/mol. The smallest absolute Gasteiger partial charge is 0.406 e. The highest BCUT2D eigenvalue weighted by atomic mass is 32.2. The molecule has 0 spiro atoms. The lowest BCUT2D eigenvalue weighted by atomic mass is 10.1. The molecule has 0 aliphatic carbocycles. The van der Waals surface area contributed by atoms with Gasteiger partial charge in [0.05, 0.1) is 24.6 Å². The number of sulfonamides is 1. The number of halogens is 3. The highest BCUT2D eigenvalue weighted by molar-refractivity contribution is 7.99. The van der Waals surface area contributed by atoms with E-state index >= 15 is 0 Å². The average molecular weight is 671 g/mol. The number of rotatable bonds is 12. The number of ether oxygens (including phenoxy) is 2.